The number of carbonyl (C=O) groups is 2. The number of hydrogen-bond acceptors (Lipinski definition) is 3. The molecule has 0 saturated carbocycles. The van der Waals surface area contributed by atoms with Crippen LogP contribution in [0.15, 0.2) is 66.9 Å². The fourth-order valence-electron chi connectivity index (χ4n) is 4.67. The normalized spacial score (nSPS) is 12.2. The molecule has 3 rings (SSSR count). The Labute approximate surface area is 234 Å². The number of hydrogen-bond donors (Lipinski definition) is 0. The molecule has 1 heterocycles. The van der Waals surface area contributed by atoms with Crippen LogP contribution in [0.5, 0.6) is 5.75 Å². The SMILES string of the molecule is CCCN(CC(=O)N(Cc1cccn1Cc1cccc(OC)c1)C(C)CC)C(=O)c1ccc(C(C)(C)C)cc1. The lowest BCUT2D eigenvalue weighted by Gasteiger charge is -2.32. The first kappa shape index (κ1) is 30.0. The number of methoxy groups -OCH3 is 1. The standard InChI is InChI=1S/C33H45N3O3/c1-8-19-35(32(38)27-15-17-28(18-16-27)33(4,5)6)24-31(37)36(25(3)9-2)23-29-13-11-20-34(29)22-26-12-10-14-30(21-26)39-7/h10-18,20-21,25H,8-9,19,22-24H2,1-7H3. The summed E-state index contributed by atoms with van der Waals surface area (Å²) >= 11 is 0. The zero-order valence-corrected chi connectivity index (χ0v) is 24.7. The van der Waals surface area contributed by atoms with Crippen molar-refractivity contribution in [2.45, 2.75) is 78.9 Å². The second-order valence-corrected chi connectivity index (χ2v) is 11.3. The van der Waals surface area contributed by atoms with E-state index in [9.17, 15) is 9.59 Å². The van der Waals surface area contributed by atoms with E-state index in [1.165, 1.54) is 5.56 Å². The first-order valence-corrected chi connectivity index (χ1v) is 14.0. The van der Waals surface area contributed by atoms with Gasteiger partial charge in [-0.2, -0.15) is 0 Å². The molecule has 6 nitrogen and oxygen atoms in total. The number of rotatable bonds is 12. The van der Waals surface area contributed by atoms with Crippen molar-refractivity contribution < 1.29 is 14.3 Å². The third-order valence-electron chi connectivity index (χ3n) is 7.29. The van der Waals surface area contributed by atoms with Gasteiger partial charge in [0.1, 0.15) is 12.3 Å². The van der Waals surface area contributed by atoms with Crippen molar-refractivity contribution in [2.24, 2.45) is 0 Å². The number of carbonyl (C=O) groups excluding carboxylic acids is 2. The van der Waals surface area contributed by atoms with Crippen LogP contribution in [0.1, 0.15) is 81.6 Å². The summed E-state index contributed by atoms with van der Waals surface area (Å²) in [4.78, 5) is 30.8. The highest BCUT2D eigenvalue weighted by Gasteiger charge is 2.26. The van der Waals surface area contributed by atoms with Gasteiger partial charge in [-0.25, -0.2) is 0 Å². The maximum Gasteiger partial charge on any atom is 0.254 e. The Bertz CT molecular complexity index is 1220. The minimum absolute atomic E-state index is 0.0156. The van der Waals surface area contributed by atoms with Crippen molar-refractivity contribution >= 4 is 11.8 Å². The first-order chi connectivity index (χ1) is 18.6. The highest BCUT2D eigenvalue weighted by molar-refractivity contribution is 5.96. The van der Waals surface area contributed by atoms with Crippen LogP contribution in [0.2, 0.25) is 0 Å². The van der Waals surface area contributed by atoms with Gasteiger partial charge in [0.2, 0.25) is 5.91 Å². The number of aromatic nitrogens is 1. The van der Waals surface area contributed by atoms with E-state index in [-0.39, 0.29) is 29.8 Å². The van der Waals surface area contributed by atoms with Crippen LogP contribution in [0.3, 0.4) is 0 Å². The predicted molar refractivity (Wildman–Crippen MR) is 158 cm³/mol. The molecule has 0 bridgehead atoms. The van der Waals surface area contributed by atoms with Crippen LogP contribution < -0.4 is 4.74 Å². The summed E-state index contributed by atoms with van der Waals surface area (Å²) in [6, 6.07) is 20.0. The third kappa shape index (κ3) is 7.98. The van der Waals surface area contributed by atoms with E-state index in [0.29, 0.717) is 25.2 Å². The topological polar surface area (TPSA) is 54.8 Å². The van der Waals surface area contributed by atoms with E-state index < -0.39 is 0 Å². The summed E-state index contributed by atoms with van der Waals surface area (Å²) in [6.07, 6.45) is 3.66. The van der Waals surface area contributed by atoms with Gasteiger partial charge in [0.15, 0.2) is 0 Å². The van der Waals surface area contributed by atoms with E-state index in [1.54, 1.807) is 12.0 Å². The van der Waals surface area contributed by atoms with Gasteiger partial charge in [-0.3, -0.25) is 9.59 Å². The van der Waals surface area contributed by atoms with Gasteiger partial charge >= 0.3 is 0 Å². The van der Waals surface area contributed by atoms with Gasteiger partial charge < -0.3 is 19.1 Å². The highest BCUT2D eigenvalue weighted by Crippen LogP contribution is 2.23. The molecule has 210 valence electrons. The number of benzene rings is 2. The molecule has 0 aliphatic heterocycles. The van der Waals surface area contributed by atoms with Gasteiger partial charge in [-0.05, 0) is 72.7 Å². The highest BCUT2D eigenvalue weighted by atomic mass is 16.5. The molecule has 1 unspecified atom stereocenters. The van der Waals surface area contributed by atoms with Crippen LogP contribution in [0, 0.1) is 0 Å². The third-order valence-corrected chi connectivity index (χ3v) is 7.29. The Kier molecular flexibility index (Phi) is 10.4. The maximum absolute atomic E-state index is 13.7. The fraction of sp³-hybridized carbons (Fsp3) is 0.455. The van der Waals surface area contributed by atoms with E-state index in [0.717, 1.165) is 29.8 Å². The van der Waals surface area contributed by atoms with Crippen molar-refractivity contribution in [1.29, 1.82) is 0 Å². The summed E-state index contributed by atoms with van der Waals surface area (Å²) in [5.41, 5.74) is 3.99. The number of amides is 2. The molecule has 0 saturated heterocycles. The second kappa shape index (κ2) is 13.5. The zero-order chi connectivity index (χ0) is 28.6. The molecule has 0 aliphatic carbocycles. The smallest absolute Gasteiger partial charge is 0.254 e. The van der Waals surface area contributed by atoms with Crippen molar-refractivity contribution in [2.75, 3.05) is 20.2 Å². The van der Waals surface area contributed by atoms with Crippen molar-refractivity contribution in [1.82, 2.24) is 14.4 Å². The zero-order valence-electron chi connectivity index (χ0n) is 24.7. The Hall–Kier alpha value is -3.54. The average molecular weight is 532 g/mol. The molecule has 1 aromatic heterocycles. The van der Waals surface area contributed by atoms with Crippen LogP contribution in [0.4, 0.5) is 0 Å². The van der Waals surface area contributed by atoms with Gasteiger partial charge in [-0.15, -0.1) is 0 Å². The van der Waals surface area contributed by atoms with Crippen LogP contribution in [-0.2, 0) is 23.3 Å². The first-order valence-electron chi connectivity index (χ1n) is 14.0. The Morgan fingerprint density at radius 3 is 2.33 bits per heavy atom. The van der Waals surface area contributed by atoms with Gasteiger partial charge in [0.05, 0.1) is 13.7 Å². The summed E-state index contributed by atoms with van der Waals surface area (Å²) in [5.74, 6) is 0.689. The van der Waals surface area contributed by atoms with Gasteiger partial charge in [-0.1, -0.05) is 58.9 Å². The Balaban J connectivity index is 1.78. The minimum atomic E-state index is -0.101. The lowest BCUT2D eigenvalue weighted by Crippen LogP contribution is -2.46. The van der Waals surface area contributed by atoms with E-state index in [4.69, 9.17) is 4.74 Å². The molecule has 0 radical (unpaired) electrons. The summed E-state index contributed by atoms with van der Waals surface area (Å²) in [7, 11) is 1.67. The van der Waals surface area contributed by atoms with Crippen LogP contribution in [0.25, 0.3) is 0 Å². The van der Waals surface area contributed by atoms with E-state index in [1.807, 2.05) is 66.6 Å². The Morgan fingerprint density at radius 2 is 1.72 bits per heavy atom. The molecule has 6 heteroatoms. The summed E-state index contributed by atoms with van der Waals surface area (Å²) in [6.45, 7) is 14.4. The number of nitrogens with zero attached hydrogens (tertiary/aromatic N) is 3. The molecule has 0 aliphatic rings. The van der Waals surface area contributed by atoms with E-state index in [2.05, 4.69) is 51.3 Å². The fourth-order valence-corrected chi connectivity index (χ4v) is 4.67. The minimum Gasteiger partial charge on any atom is -0.497 e. The maximum atomic E-state index is 13.7. The largest absolute Gasteiger partial charge is 0.497 e. The van der Waals surface area contributed by atoms with Crippen LogP contribution in [-0.4, -0.2) is 52.4 Å². The average Bonchev–Trinajstić information content (AvgIpc) is 3.36. The molecular weight excluding hydrogens is 486 g/mol. The number of ether oxygens (including phenoxy) is 1. The van der Waals surface area contributed by atoms with Crippen molar-refractivity contribution in [3.8, 4) is 5.75 Å². The molecule has 1 atom stereocenters. The Morgan fingerprint density at radius 1 is 1.00 bits per heavy atom. The van der Waals surface area contributed by atoms with Gasteiger partial charge in [0, 0.05) is 36.6 Å². The quantitative estimate of drug-likeness (QED) is 0.267. The lowest BCUT2D eigenvalue weighted by molar-refractivity contribution is -0.134. The molecular formula is C33H45N3O3. The summed E-state index contributed by atoms with van der Waals surface area (Å²) < 4.78 is 7.55. The molecule has 2 amide bonds. The summed E-state index contributed by atoms with van der Waals surface area (Å²) in [5, 5.41) is 0. The molecule has 2 aromatic carbocycles. The lowest BCUT2D eigenvalue weighted by atomic mass is 9.86. The molecule has 39 heavy (non-hydrogen) atoms. The van der Waals surface area contributed by atoms with Crippen LogP contribution >= 0.6 is 0 Å². The molecule has 3 aromatic rings. The van der Waals surface area contributed by atoms with E-state index >= 15 is 0 Å². The van der Waals surface area contributed by atoms with Gasteiger partial charge in [0.25, 0.3) is 5.91 Å². The second-order valence-electron chi connectivity index (χ2n) is 11.3. The van der Waals surface area contributed by atoms with Crippen molar-refractivity contribution in [3.05, 3.63) is 89.2 Å². The molecule has 0 fully saturated rings. The molecule has 0 spiro atoms. The molecule has 0 N–H and O–H groups in total. The monoisotopic (exact) mass is 531 g/mol. The predicted octanol–water partition coefficient (Wildman–Crippen LogP) is 6.52. The van der Waals surface area contributed by atoms with Crippen molar-refractivity contribution in [3.63, 3.8) is 0 Å².